The molecule has 0 fully saturated rings. The van der Waals surface area contributed by atoms with Crippen molar-refractivity contribution in [3.05, 3.63) is 0 Å². The lowest BCUT2D eigenvalue weighted by molar-refractivity contribution is 1.11. The van der Waals surface area contributed by atoms with Crippen LogP contribution in [-0.2, 0) is 0 Å². The zero-order valence-electron chi connectivity index (χ0n) is 3.36. The summed E-state index contributed by atoms with van der Waals surface area (Å²) in [5.41, 5.74) is 0. The van der Waals surface area contributed by atoms with Gasteiger partial charge in [-0.3, -0.25) is 0 Å². The third-order valence-electron chi connectivity index (χ3n) is 0.589. The Labute approximate surface area is 50.9 Å². The van der Waals surface area contributed by atoms with Crippen molar-refractivity contribution < 1.29 is 0 Å². The van der Waals surface area contributed by atoms with Crippen LogP contribution < -0.4 is 0 Å². The molecule has 0 atom stereocenters. The Morgan fingerprint density at radius 3 is 1.71 bits per heavy atom. The number of hydrogen-bond donors (Lipinski definition) is 0. The van der Waals surface area contributed by atoms with Crippen molar-refractivity contribution in [2.45, 2.75) is 0 Å². The minimum atomic E-state index is 0.321. The van der Waals surface area contributed by atoms with Crippen LogP contribution in [-0.4, -0.2) is 17.0 Å². The number of rotatable bonds is 0. The first-order chi connectivity index (χ1) is 3.30. The lowest BCUT2D eigenvalue weighted by Gasteiger charge is -1.76. The van der Waals surface area contributed by atoms with E-state index in [2.05, 4.69) is 9.98 Å². The van der Waals surface area contributed by atoms with Crippen LogP contribution in [0.4, 0.5) is 0 Å². The molecule has 0 amide bonds. The summed E-state index contributed by atoms with van der Waals surface area (Å²) in [5.74, 6) is 0. The Kier molecular flexibility index (Phi) is 1.30. The molecule has 0 saturated carbocycles. The highest BCUT2D eigenvalue weighted by Crippen LogP contribution is 2.02. The fraction of sp³-hybridized carbons (Fsp3) is 0.333. The molecule has 4 heteroatoms. The second-order valence-electron chi connectivity index (χ2n) is 1.04. The summed E-state index contributed by atoms with van der Waals surface area (Å²) in [7, 11) is 0. The SMILES string of the molecule is ClC1=NCN=C1Cl. The van der Waals surface area contributed by atoms with Gasteiger partial charge in [-0.05, 0) is 0 Å². The molecule has 7 heavy (non-hydrogen) atoms. The van der Waals surface area contributed by atoms with Crippen molar-refractivity contribution in [1.29, 1.82) is 0 Å². The third kappa shape index (κ3) is 0.924. The van der Waals surface area contributed by atoms with Crippen LogP contribution in [0.5, 0.6) is 0 Å². The van der Waals surface area contributed by atoms with Gasteiger partial charge in [-0.1, -0.05) is 23.2 Å². The molecule has 0 aromatic heterocycles. The van der Waals surface area contributed by atoms with Crippen LogP contribution in [0, 0.1) is 0 Å². The van der Waals surface area contributed by atoms with Crippen LogP contribution in [0.1, 0.15) is 0 Å². The highest BCUT2D eigenvalue weighted by Gasteiger charge is 2.04. The fourth-order valence-corrected chi connectivity index (χ4v) is 0.516. The zero-order chi connectivity index (χ0) is 5.28. The van der Waals surface area contributed by atoms with E-state index in [0.29, 0.717) is 17.0 Å². The molecule has 38 valence electrons. The monoisotopic (exact) mass is 136 g/mol. The molecule has 0 unspecified atom stereocenters. The quantitative estimate of drug-likeness (QED) is 0.479. The average molecular weight is 137 g/mol. The Hall–Kier alpha value is -0.0800. The molecule has 0 bridgehead atoms. The highest BCUT2D eigenvalue weighted by atomic mass is 35.5. The Bertz CT molecular complexity index is 122. The lowest BCUT2D eigenvalue weighted by Crippen LogP contribution is -1.90. The van der Waals surface area contributed by atoms with Gasteiger partial charge < -0.3 is 0 Å². The maximum absolute atomic E-state index is 5.35. The van der Waals surface area contributed by atoms with Gasteiger partial charge in [0.1, 0.15) is 6.67 Å². The molecule has 0 spiro atoms. The molecule has 0 aliphatic carbocycles. The summed E-state index contributed by atoms with van der Waals surface area (Å²) < 4.78 is 0. The van der Waals surface area contributed by atoms with Gasteiger partial charge in [0, 0.05) is 0 Å². The van der Waals surface area contributed by atoms with Crippen molar-refractivity contribution in [2.75, 3.05) is 6.67 Å². The normalized spacial score (nSPS) is 19.1. The lowest BCUT2D eigenvalue weighted by atomic mass is 10.8. The number of nitrogens with zero attached hydrogens (tertiary/aromatic N) is 2. The fourth-order valence-electron chi connectivity index (χ4n) is 0.290. The van der Waals surface area contributed by atoms with Crippen molar-refractivity contribution >= 4 is 33.5 Å². The van der Waals surface area contributed by atoms with E-state index in [1.165, 1.54) is 0 Å². The molecular formula is C3H2Cl2N2. The van der Waals surface area contributed by atoms with Crippen molar-refractivity contribution in [3.63, 3.8) is 0 Å². The van der Waals surface area contributed by atoms with E-state index >= 15 is 0 Å². The Morgan fingerprint density at radius 2 is 1.57 bits per heavy atom. The summed E-state index contributed by atoms with van der Waals surface area (Å²) in [5, 5.41) is 0.642. The van der Waals surface area contributed by atoms with Gasteiger partial charge in [0.25, 0.3) is 0 Å². The molecule has 2 nitrogen and oxygen atoms in total. The van der Waals surface area contributed by atoms with Crippen molar-refractivity contribution in [1.82, 2.24) is 0 Å². The molecule has 1 heterocycles. The van der Waals surface area contributed by atoms with Gasteiger partial charge >= 0.3 is 0 Å². The highest BCUT2D eigenvalue weighted by molar-refractivity contribution is 7.00. The predicted octanol–water partition coefficient (Wildman–Crippen LogP) is 1.23. The molecule has 1 rings (SSSR count). The molecular weight excluding hydrogens is 135 g/mol. The predicted molar refractivity (Wildman–Crippen MR) is 31.4 cm³/mol. The summed E-state index contributed by atoms with van der Waals surface area (Å²) in [6, 6.07) is 0. The minimum absolute atomic E-state index is 0.321. The smallest absolute Gasteiger partial charge is 0.162 e. The molecule has 0 saturated heterocycles. The van der Waals surface area contributed by atoms with Crippen LogP contribution in [0.15, 0.2) is 9.98 Å². The van der Waals surface area contributed by atoms with Crippen LogP contribution in [0.2, 0.25) is 0 Å². The maximum Gasteiger partial charge on any atom is 0.162 e. The third-order valence-corrected chi connectivity index (χ3v) is 1.28. The zero-order valence-corrected chi connectivity index (χ0v) is 4.87. The first kappa shape index (κ1) is 5.06. The summed E-state index contributed by atoms with van der Waals surface area (Å²) in [6.45, 7) is 0.387. The van der Waals surface area contributed by atoms with E-state index in [0.717, 1.165) is 0 Å². The van der Waals surface area contributed by atoms with E-state index in [4.69, 9.17) is 23.2 Å². The Morgan fingerprint density at radius 1 is 1.14 bits per heavy atom. The molecule has 0 radical (unpaired) electrons. The number of halogens is 2. The summed E-state index contributed by atoms with van der Waals surface area (Å²) in [4.78, 5) is 7.33. The van der Waals surface area contributed by atoms with E-state index in [9.17, 15) is 0 Å². The minimum Gasteiger partial charge on any atom is -0.247 e. The van der Waals surface area contributed by atoms with Crippen LogP contribution in [0.3, 0.4) is 0 Å². The van der Waals surface area contributed by atoms with Gasteiger partial charge in [-0.15, -0.1) is 0 Å². The first-order valence-corrected chi connectivity index (χ1v) is 2.46. The molecule has 0 aromatic rings. The summed E-state index contributed by atoms with van der Waals surface area (Å²) >= 11 is 10.7. The van der Waals surface area contributed by atoms with Crippen molar-refractivity contribution in [2.24, 2.45) is 9.98 Å². The molecule has 1 aliphatic heterocycles. The van der Waals surface area contributed by atoms with E-state index in [1.54, 1.807) is 0 Å². The number of hydrogen-bond acceptors (Lipinski definition) is 2. The second kappa shape index (κ2) is 1.80. The van der Waals surface area contributed by atoms with Gasteiger partial charge in [0.05, 0.1) is 0 Å². The largest absolute Gasteiger partial charge is 0.247 e. The Balaban J connectivity index is 2.78. The van der Waals surface area contributed by atoms with Gasteiger partial charge in [0.15, 0.2) is 10.3 Å². The topological polar surface area (TPSA) is 24.7 Å². The molecule has 1 aliphatic rings. The van der Waals surface area contributed by atoms with Gasteiger partial charge in [-0.2, -0.15) is 0 Å². The van der Waals surface area contributed by atoms with Crippen LogP contribution in [0.25, 0.3) is 0 Å². The van der Waals surface area contributed by atoms with Crippen molar-refractivity contribution in [3.8, 4) is 0 Å². The second-order valence-corrected chi connectivity index (χ2v) is 1.76. The maximum atomic E-state index is 5.35. The average Bonchev–Trinajstić information content (AvgIpc) is 1.91. The standard InChI is InChI=1S/C3H2Cl2N2/c4-2-3(5)7-1-6-2/h1H2. The molecule has 0 aromatic carbocycles. The first-order valence-electron chi connectivity index (χ1n) is 1.71. The van der Waals surface area contributed by atoms with E-state index < -0.39 is 0 Å². The summed E-state index contributed by atoms with van der Waals surface area (Å²) in [6.07, 6.45) is 0. The van der Waals surface area contributed by atoms with Gasteiger partial charge in [-0.25, -0.2) is 9.98 Å². The van der Waals surface area contributed by atoms with Gasteiger partial charge in [0.2, 0.25) is 0 Å². The van der Waals surface area contributed by atoms with E-state index in [-0.39, 0.29) is 0 Å². The molecule has 0 N–H and O–H groups in total. The van der Waals surface area contributed by atoms with E-state index in [1.807, 2.05) is 0 Å². The number of aliphatic imine (C=N–C) groups is 2. The van der Waals surface area contributed by atoms with Crippen LogP contribution >= 0.6 is 23.2 Å².